The Morgan fingerprint density at radius 3 is 2.24 bits per heavy atom. The van der Waals surface area contributed by atoms with Crippen LogP contribution < -0.4 is 5.32 Å². The second-order valence-electron chi connectivity index (χ2n) is 7.60. The van der Waals surface area contributed by atoms with Crippen molar-refractivity contribution in [1.29, 1.82) is 0 Å². The highest BCUT2D eigenvalue weighted by molar-refractivity contribution is 7.91. The summed E-state index contributed by atoms with van der Waals surface area (Å²) < 4.78 is 37.3. The molecule has 0 saturated heterocycles. The number of benzene rings is 3. The van der Waals surface area contributed by atoms with E-state index in [0.717, 1.165) is 11.1 Å². The highest BCUT2D eigenvalue weighted by Crippen LogP contribution is 2.30. The van der Waals surface area contributed by atoms with Crippen molar-refractivity contribution in [3.63, 3.8) is 0 Å². The molecule has 1 heterocycles. The van der Waals surface area contributed by atoms with Gasteiger partial charge in [0, 0.05) is 17.3 Å². The average Bonchev–Trinajstić information content (AvgIpc) is 2.85. The largest absolute Gasteiger partial charge is 0.294 e. The van der Waals surface area contributed by atoms with E-state index in [2.05, 4.69) is 15.3 Å². The van der Waals surface area contributed by atoms with Crippen molar-refractivity contribution < 1.29 is 17.6 Å². The van der Waals surface area contributed by atoms with Gasteiger partial charge >= 0.3 is 0 Å². The number of nitrogens with zero attached hydrogens (tertiary/aromatic N) is 2. The average molecular weight is 476 g/mol. The zero-order valence-corrected chi connectivity index (χ0v) is 19.2. The van der Waals surface area contributed by atoms with E-state index in [-0.39, 0.29) is 34.7 Å². The number of rotatable bonds is 7. The third kappa shape index (κ3) is 5.35. The smallest absolute Gasteiger partial charge is 0.231 e. The molecule has 1 N–H and O–H groups in total. The molecule has 0 aliphatic rings. The highest BCUT2D eigenvalue weighted by Gasteiger charge is 2.15. The topological polar surface area (TPSA) is 89.0 Å². The second-order valence-corrected chi connectivity index (χ2v) is 9.88. The maximum atomic E-state index is 13.4. The van der Waals surface area contributed by atoms with Crippen molar-refractivity contribution in [2.75, 3.05) is 11.1 Å². The molecule has 6 nitrogen and oxygen atoms in total. The SMILES string of the molecule is CCS(=O)(=O)c1ccc(CC(=O)Nc2ncc(-c3ccc(F)cc3)c(-c3ccccc3)n2)cc1. The molecule has 8 heteroatoms. The predicted octanol–water partition coefficient (Wildman–Crippen LogP) is 4.92. The number of aromatic nitrogens is 2. The fourth-order valence-corrected chi connectivity index (χ4v) is 4.32. The van der Waals surface area contributed by atoms with Crippen LogP contribution in [-0.4, -0.2) is 30.0 Å². The van der Waals surface area contributed by atoms with Crippen molar-refractivity contribution >= 4 is 21.7 Å². The molecule has 4 aromatic rings. The summed E-state index contributed by atoms with van der Waals surface area (Å²) in [6.07, 6.45) is 1.64. The summed E-state index contributed by atoms with van der Waals surface area (Å²) in [4.78, 5) is 21.7. The molecule has 0 spiro atoms. The summed E-state index contributed by atoms with van der Waals surface area (Å²) in [5.74, 6) is -0.517. The van der Waals surface area contributed by atoms with Gasteiger partial charge < -0.3 is 0 Å². The minimum Gasteiger partial charge on any atom is -0.294 e. The maximum Gasteiger partial charge on any atom is 0.231 e. The van der Waals surface area contributed by atoms with Crippen LogP contribution in [0.5, 0.6) is 0 Å². The normalized spacial score (nSPS) is 11.2. The molecule has 3 aromatic carbocycles. The summed E-state index contributed by atoms with van der Waals surface area (Å²) in [7, 11) is -3.29. The zero-order chi connectivity index (χ0) is 24.1. The quantitative estimate of drug-likeness (QED) is 0.410. The van der Waals surface area contributed by atoms with Crippen LogP contribution in [0, 0.1) is 5.82 Å². The van der Waals surface area contributed by atoms with Crippen molar-refractivity contribution in [3.05, 3.63) is 96.4 Å². The lowest BCUT2D eigenvalue weighted by molar-refractivity contribution is -0.115. The first-order chi connectivity index (χ1) is 16.4. The van der Waals surface area contributed by atoms with E-state index in [1.165, 1.54) is 24.3 Å². The number of anilines is 1. The van der Waals surface area contributed by atoms with Crippen LogP contribution in [0.3, 0.4) is 0 Å². The molecule has 0 fully saturated rings. The molecular weight excluding hydrogens is 453 g/mol. The molecular formula is C26H22FN3O3S. The van der Waals surface area contributed by atoms with Crippen LogP contribution in [-0.2, 0) is 21.1 Å². The predicted molar refractivity (Wildman–Crippen MR) is 129 cm³/mol. The Morgan fingerprint density at radius 1 is 0.912 bits per heavy atom. The van der Waals surface area contributed by atoms with E-state index >= 15 is 0 Å². The lowest BCUT2D eigenvalue weighted by Crippen LogP contribution is -2.17. The third-order valence-corrected chi connectivity index (χ3v) is 7.02. The van der Waals surface area contributed by atoms with E-state index in [1.807, 2.05) is 30.3 Å². The number of amides is 1. The summed E-state index contributed by atoms with van der Waals surface area (Å²) in [5, 5.41) is 2.70. The molecule has 0 atom stereocenters. The van der Waals surface area contributed by atoms with Gasteiger partial charge in [-0.15, -0.1) is 0 Å². The van der Waals surface area contributed by atoms with Crippen molar-refractivity contribution in [3.8, 4) is 22.4 Å². The summed E-state index contributed by atoms with van der Waals surface area (Å²) in [5.41, 5.74) is 3.55. The number of nitrogens with one attached hydrogen (secondary N) is 1. The van der Waals surface area contributed by atoms with Gasteiger partial charge in [-0.1, -0.05) is 61.5 Å². The molecule has 0 aliphatic carbocycles. The Bertz CT molecular complexity index is 1410. The van der Waals surface area contributed by atoms with Gasteiger partial charge in [0.05, 0.1) is 22.8 Å². The molecule has 1 aromatic heterocycles. The minimum absolute atomic E-state index is 0.0157. The molecule has 0 radical (unpaired) electrons. The fourth-order valence-electron chi connectivity index (χ4n) is 3.43. The van der Waals surface area contributed by atoms with Gasteiger partial charge in [0.25, 0.3) is 0 Å². The van der Waals surface area contributed by atoms with E-state index < -0.39 is 9.84 Å². The first-order valence-electron chi connectivity index (χ1n) is 10.7. The van der Waals surface area contributed by atoms with Gasteiger partial charge in [-0.25, -0.2) is 22.8 Å². The fraction of sp³-hybridized carbons (Fsp3) is 0.115. The molecule has 0 saturated carbocycles. The Morgan fingerprint density at radius 2 is 1.59 bits per heavy atom. The van der Waals surface area contributed by atoms with Crippen molar-refractivity contribution in [2.45, 2.75) is 18.2 Å². The highest BCUT2D eigenvalue weighted by atomic mass is 32.2. The number of halogens is 1. The lowest BCUT2D eigenvalue weighted by atomic mass is 10.0. The Labute approximate surface area is 197 Å². The molecule has 1 amide bonds. The van der Waals surface area contributed by atoms with Crippen LogP contribution in [0.25, 0.3) is 22.4 Å². The second kappa shape index (κ2) is 9.93. The number of carbonyl (C=O) groups is 1. The van der Waals surface area contributed by atoms with Gasteiger partial charge in [-0.3, -0.25) is 10.1 Å². The van der Waals surface area contributed by atoms with Gasteiger partial charge in [0.1, 0.15) is 5.82 Å². The van der Waals surface area contributed by atoms with Gasteiger partial charge in [-0.05, 0) is 35.4 Å². The first kappa shape index (κ1) is 23.3. The Kier molecular flexibility index (Phi) is 6.79. The molecule has 34 heavy (non-hydrogen) atoms. The Hall–Kier alpha value is -3.91. The standard InChI is InChI=1S/C26H22FN3O3S/c1-2-34(32,33)22-14-8-18(9-15-22)16-24(31)29-26-28-17-23(19-10-12-21(27)13-11-19)25(30-26)20-6-4-3-5-7-20/h3-15,17H,2,16H2,1H3,(H,28,29,30,31). The number of carbonyl (C=O) groups excluding carboxylic acids is 1. The first-order valence-corrected chi connectivity index (χ1v) is 12.3. The van der Waals surface area contributed by atoms with Crippen LogP contribution >= 0.6 is 0 Å². The number of sulfone groups is 1. The van der Waals surface area contributed by atoms with Crippen LogP contribution in [0.1, 0.15) is 12.5 Å². The molecule has 0 aliphatic heterocycles. The summed E-state index contributed by atoms with van der Waals surface area (Å²) >= 11 is 0. The maximum absolute atomic E-state index is 13.4. The zero-order valence-electron chi connectivity index (χ0n) is 18.4. The van der Waals surface area contributed by atoms with E-state index in [1.54, 1.807) is 37.4 Å². The summed E-state index contributed by atoms with van der Waals surface area (Å²) in [6, 6.07) is 21.7. The van der Waals surface area contributed by atoms with E-state index in [4.69, 9.17) is 0 Å². The van der Waals surface area contributed by atoms with Crippen molar-refractivity contribution in [1.82, 2.24) is 9.97 Å². The van der Waals surface area contributed by atoms with Gasteiger partial charge in [0.15, 0.2) is 9.84 Å². The summed E-state index contributed by atoms with van der Waals surface area (Å²) in [6.45, 7) is 1.59. The van der Waals surface area contributed by atoms with E-state index in [9.17, 15) is 17.6 Å². The number of hydrogen-bond acceptors (Lipinski definition) is 5. The third-order valence-electron chi connectivity index (χ3n) is 5.27. The van der Waals surface area contributed by atoms with Crippen LogP contribution in [0.15, 0.2) is 90.0 Å². The molecule has 172 valence electrons. The molecule has 0 bridgehead atoms. The van der Waals surface area contributed by atoms with Gasteiger partial charge in [0.2, 0.25) is 11.9 Å². The number of hydrogen-bond donors (Lipinski definition) is 1. The Balaban J connectivity index is 1.57. The van der Waals surface area contributed by atoms with Crippen molar-refractivity contribution in [2.24, 2.45) is 0 Å². The minimum atomic E-state index is -3.29. The molecule has 0 unspecified atom stereocenters. The van der Waals surface area contributed by atoms with E-state index in [0.29, 0.717) is 16.8 Å². The van der Waals surface area contributed by atoms with Crippen LogP contribution in [0.4, 0.5) is 10.3 Å². The monoisotopic (exact) mass is 475 g/mol. The van der Waals surface area contributed by atoms with Crippen LogP contribution in [0.2, 0.25) is 0 Å². The lowest BCUT2D eigenvalue weighted by Gasteiger charge is -2.12. The molecule has 4 rings (SSSR count). The van der Waals surface area contributed by atoms with Gasteiger partial charge in [-0.2, -0.15) is 0 Å².